The minimum Gasteiger partial charge on any atom is -0.298 e. The Balaban J connectivity index is 3.54. The van der Waals surface area contributed by atoms with Crippen molar-refractivity contribution in [2.75, 3.05) is 0 Å². The van der Waals surface area contributed by atoms with Crippen molar-refractivity contribution < 1.29 is 26.2 Å². The average Bonchev–Trinajstić information content (AvgIpc) is 2.15. The van der Waals surface area contributed by atoms with Crippen LogP contribution < -0.4 is 0 Å². The van der Waals surface area contributed by atoms with Crippen LogP contribution in [0.3, 0.4) is 0 Å². The van der Waals surface area contributed by atoms with E-state index in [4.69, 9.17) is 4.55 Å². The van der Waals surface area contributed by atoms with Crippen LogP contribution in [-0.2, 0) is 20.8 Å². The van der Waals surface area contributed by atoms with Gasteiger partial charge in [0, 0.05) is 5.56 Å². The van der Waals surface area contributed by atoms with E-state index in [0.29, 0.717) is 0 Å². The maximum absolute atomic E-state index is 10.7. The Hall–Kier alpha value is -1.25. The van der Waals surface area contributed by atoms with Crippen LogP contribution in [0, 0.1) is 0 Å². The molecule has 0 atom stereocenters. The summed E-state index contributed by atoms with van der Waals surface area (Å²) >= 11 is 0. The molecule has 0 heterocycles. The van der Waals surface area contributed by atoms with Gasteiger partial charge in [-0.1, -0.05) is 0 Å². The SMILES string of the molecule is O=Cc1cc([SH](=O)=O)ccc1S(=O)(=O)O. The lowest BCUT2D eigenvalue weighted by Gasteiger charge is -2.00. The number of hydrogen-bond donors (Lipinski definition) is 2. The van der Waals surface area contributed by atoms with Crippen molar-refractivity contribution in [2.24, 2.45) is 0 Å². The van der Waals surface area contributed by atoms with Crippen molar-refractivity contribution in [3.8, 4) is 0 Å². The highest BCUT2D eigenvalue weighted by Crippen LogP contribution is 2.16. The Morgan fingerprint density at radius 2 is 1.87 bits per heavy atom. The number of aldehydes is 1. The van der Waals surface area contributed by atoms with Crippen LogP contribution in [0.15, 0.2) is 28.0 Å². The van der Waals surface area contributed by atoms with Gasteiger partial charge in [0.2, 0.25) is 0 Å². The van der Waals surface area contributed by atoms with Crippen molar-refractivity contribution in [3.05, 3.63) is 23.8 Å². The average molecular weight is 250 g/mol. The molecule has 0 aromatic heterocycles. The Labute approximate surface area is 87.2 Å². The zero-order valence-electron chi connectivity index (χ0n) is 7.15. The highest BCUT2D eigenvalue weighted by Gasteiger charge is 2.15. The molecule has 1 rings (SSSR count). The predicted molar refractivity (Wildman–Crippen MR) is 50.2 cm³/mol. The van der Waals surface area contributed by atoms with E-state index in [-0.39, 0.29) is 11.2 Å². The summed E-state index contributed by atoms with van der Waals surface area (Å²) < 4.78 is 51.3. The first-order valence-corrected chi connectivity index (χ1v) is 6.19. The third-order valence-corrected chi connectivity index (χ3v) is 3.24. The number of thiol groups is 1. The lowest BCUT2D eigenvalue weighted by Crippen LogP contribution is -2.03. The van der Waals surface area contributed by atoms with Gasteiger partial charge in [-0.25, -0.2) is 8.42 Å². The van der Waals surface area contributed by atoms with Gasteiger partial charge in [0.05, 0.1) is 4.90 Å². The maximum atomic E-state index is 10.7. The van der Waals surface area contributed by atoms with Gasteiger partial charge < -0.3 is 0 Å². The minimum atomic E-state index is -4.52. The molecule has 6 nitrogen and oxygen atoms in total. The van der Waals surface area contributed by atoms with Crippen LogP contribution >= 0.6 is 0 Å². The molecule has 0 aliphatic carbocycles. The first kappa shape index (κ1) is 11.8. The van der Waals surface area contributed by atoms with Crippen LogP contribution in [0.25, 0.3) is 0 Å². The zero-order valence-corrected chi connectivity index (χ0v) is 8.86. The van der Waals surface area contributed by atoms with Crippen molar-refractivity contribution in [2.45, 2.75) is 9.79 Å². The molecule has 1 aromatic carbocycles. The summed E-state index contributed by atoms with van der Waals surface area (Å²) in [7, 11) is -7.42. The fourth-order valence-electron chi connectivity index (χ4n) is 0.976. The summed E-state index contributed by atoms with van der Waals surface area (Å²) in [5.41, 5.74) is -0.394. The quantitative estimate of drug-likeness (QED) is 0.434. The summed E-state index contributed by atoms with van der Waals surface area (Å²) in [5.74, 6) is 0. The van der Waals surface area contributed by atoms with Crippen molar-refractivity contribution in [3.63, 3.8) is 0 Å². The number of rotatable bonds is 3. The van der Waals surface area contributed by atoms with E-state index >= 15 is 0 Å². The molecule has 0 saturated carbocycles. The number of carbonyl (C=O) groups excluding carboxylic acids is 1. The maximum Gasteiger partial charge on any atom is 0.295 e. The number of hydrogen-bond acceptors (Lipinski definition) is 5. The van der Waals surface area contributed by atoms with Gasteiger partial charge in [-0.15, -0.1) is 0 Å². The van der Waals surface area contributed by atoms with Gasteiger partial charge in [-0.3, -0.25) is 9.35 Å². The van der Waals surface area contributed by atoms with E-state index in [9.17, 15) is 21.6 Å². The fraction of sp³-hybridized carbons (Fsp3) is 0. The molecular weight excluding hydrogens is 244 g/mol. The summed E-state index contributed by atoms with van der Waals surface area (Å²) in [6, 6.07) is 2.73. The standard InChI is InChI=1S/C7H6O6S2/c8-4-5-3-6(14(9)10)1-2-7(5)15(11,12)13/h1-4,14H,(H,11,12,13). The van der Waals surface area contributed by atoms with Gasteiger partial charge in [-0.2, -0.15) is 8.42 Å². The second-order valence-electron chi connectivity index (χ2n) is 2.57. The number of benzene rings is 1. The first-order chi connectivity index (χ1) is 6.86. The van der Waals surface area contributed by atoms with Gasteiger partial charge in [0.1, 0.15) is 4.90 Å². The summed E-state index contributed by atoms with van der Waals surface area (Å²) in [6.07, 6.45) is 0.158. The molecule has 15 heavy (non-hydrogen) atoms. The molecule has 0 spiro atoms. The summed E-state index contributed by atoms with van der Waals surface area (Å²) in [6.45, 7) is 0. The van der Waals surface area contributed by atoms with Crippen LogP contribution in [0.5, 0.6) is 0 Å². The zero-order chi connectivity index (χ0) is 11.6. The van der Waals surface area contributed by atoms with E-state index in [1.54, 1.807) is 0 Å². The lowest BCUT2D eigenvalue weighted by atomic mass is 10.2. The topological polar surface area (TPSA) is 106 Å². The molecule has 82 valence electrons. The highest BCUT2D eigenvalue weighted by molar-refractivity contribution is 7.86. The smallest absolute Gasteiger partial charge is 0.295 e. The Morgan fingerprint density at radius 3 is 2.27 bits per heavy atom. The second kappa shape index (κ2) is 4.09. The molecule has 0 bridgehead atoms. The largest absolute Gasteiger partial charge is 0.298 e. The normalized spacial score (nSPS) is 11.6. The molecule has 1 N–H and O–H groups in total. The van der Waals surface area contributed by atoms with E-state index in [0.717, 1.165) is 18.2 Å². The molecule has 0 amide bonds. The molecule has 0 aliphatic heterocycles. The van der Waals surface area contributed by atoms with Crippen LogP contribution in [0.1, 0.15) is 10.4 Å². The highest BCUT2D eigenvalue weighted by atomic mass is 32.2. The Morgan fingerprint density at radius 1 is 1.27 bits per heavy atom. The monoisotopic (exact) mass is 250 g/mol. The fourth-order valence-corrected chi connectivity index (χ4v) is 2.06. The molecule has 0 saturated heterocycles. The third kappa shape index (κ3) is 2.61. The van der Waals surface area contributed by atoms with E-state index in [2.05, 4.69) is 0 Å². The molecular formula is C7H6O6S2. The third-order valence-electron chi connectivity index (χ3n) is 1.61. The van der Waals surface area contributed by atoms with Crippen molar-refractivity contribution >= 4 is 27.1 Å². The van der Waals surface area contributed by atoms with Crippen molar-refractivity contribution in [1.29, 1.82) is 0 Å². The van der Waals surface area contributed by atoms with Crippen LogP contribution in [-0.4, -0.2) is 27.7 Å². The molecule has 0 aliphatic rings. The van der Waals surface area contributed by atoms with Gasteiger partial charge in [0.15, 0.2) is 17.0 Å². The lowest BCUT2D eigenvalue weighted by molar-refractivity contribution is 0.112. The van der Waals surface area contributed by atoms with Gasteiger partial charge in [0.25, 0.3) is 10.1 Å². The molecule has 0 radical (unpaired) electrons. The molecule has 8 heteroatoms. The van der Waals surface area contributed by atoms with Gasteiger partial charge in [-0.05, 0) is 18.2 Å². The van der Waals surface area contributed by atoms with E-state index in [1.165, 1.54) is 0 Å². The Kier molecular flexibility index (Phi) is 3.22. The summed E-state index contributed by atoms with van der Waals surface area (Å²) in [4.78, 5) is 9.67. The van der Waals surface area contributed by atoms with Gasteiger partial charge >= 0.3 is 0 Å². The first-order valence-electron chi connectivity index (χ1n) is 3.57. The van der Waals surface area contributed by atoms with Crippen LogP contribution in [0.4, 0.5) is 0 Å². The molecule has 0 fully saturated rings. The molecule has 1 aromatic rings. The predicted octanol–water partition coefficient (Wildman–Crippen LogP) is -0.284. The van der Waals surface area contributed by atoms with E-state index in [1.807, 2.05) is 0 Å². The second-order valence-corrected chi connectivity index (χ2v) is 4.99. The Bertz CT molecular complexity index is 561. The van der Waals surface area contributed by atoms with E-state index < -0.39 is 31.3 Å². The minimum absolute atomic E-state index is 0.158. The summed E-state index contributed by atoms with van der Waals surface area (Å²) in [5, 5.41) is 0. The number of carbonyl (C=O) groups is 1. The van der Waals surface area contributed by atoms with Crippen LogP contribution in [0.2, 0.25) is 0 Å². The molecule has 0 unspecified atom stereocenters. The van der Waals surface area contributed by atoms with Crippen molar-refractivity contribution in [1.82, 2.24) is 0 Å².